The molecule has 1 aliphatic rings. The Morgan fingerprint density at radius 3 is 2.44 bits per heavy atom. The molecular weight excluding hydrogens is 431 g/mol. The van der Waals surface area contributed by atoms with E-state index in [1.807, 2.05) is 24.3 Å². The minimum Gasteiger partial charge on any atom is -0.497 e. The molecule has 0 atom stereocenters. The van der Waals surface area contributed by atoms with Crippen LogP contribution in [0.1, 0.15) is 25.3 Å². The Hall–Kier alpha value is -1.51. The van der Waals surface area contributed by atoms with Gasteiger partial charge in [0, 0.05) is 26.7 Å². The summed E-state index contributed by atoms with van der Waals surface area (Å²) < 4.78 is 5.12. The van der Waals surface area contributed by atoms with Gasteiger partial charge in [0.15, 0.2) is 5.96 Å². The van der Waals surface area contributed by atoms with Crippen LogP contribution in [-0.4, -0.2) is 50.6 Å². The largest absolute Gasteiger partial charge is 0.497 e. The number of nitrogens with one attached hydrogen (secondary N) is 2. The van der Waals surface area contributed by atoms with Gasteiger partial charge in [-0.3, -0.25) is 9.79 Å². The van der Waals surface area contributed by atoms with Gasteiger partial charge in [-0.25, -0.2) is 0 Å². The minimum absolute atomic E-state index is 0. The van der Waals surface area contributed by atoms with E-state index in [0.717, 1.165) is 36.3 Å². The summed E-state index contributed by atoms with van der Waals surface area (Å²) in [6.07, 6.45) is 2.34. The Morgan fingerprint density at radius 2 is 1.88 bits per heavy atom. The van der Waals surface area contributed by atoms with E-state index in [-0.39, 0.29) is 36.4 Å². The summed E-state index contributed by atoms with van der Waals surface area (Å²) >= 11 is 0. The maximum absolute atomic E-state index is 12.0. The number of aliphatic imine (C=N–C) groups is 1. The standard InChI is InChI=1S/C18H28N4O2.HI/c1-14-8-10-22(11-9-14)18(19-2)21-13-17(23)20-12-15-4-6-16(24-3)7-5-15;/h4-7,14H,8-13H2,1-3H3,(H,19,21)(H,20,23);1H. The van der Waals surface area contributed by atoms with E-state index < -0.39 is 0 Å². The molecular formula is C18H29IN4O2. The van der Waals surface area contributed by atoms with Crippen LogP contribution < -0.4 is 15.4 Å². The zero-order chi connectivity index (χ0) is 17.4. The molecule has 0 radical (unpaired) electrons. The smallest absolute Gasteiger partial charge is 0.239 e. The van der Waals surface area contributed by atoms with E-state index in [4.69, 9.17) is 4.74 Å². The van der Waals surface area contributed by atoms with Gasteiger partial charge < -0.3 is 20.3 Å². The average Bonchev–Trinajstić information content (AvgIpc) is 2.62. The Bertz CT molecular complexity index is 555. The number of likely N-dealkylation sites (tertiary alicyclic amines) is 1. The van der Waals surface area contributed by atoms with Crippen LogP contribution in [0.3, 0.4) is 0 Å². The van der Waals surface area contributed by atoms with Gasteiger partial charge in [0.05, 0.1) is 13.7 Å². The van der Waals surface area contributed by atoms with Crippen LogP contribution in [0.15, 0.2) is 29.3 Å². The molecule has 7 heteroatoms. The van der Waals surface area contributed by atoms with Crippen LogP contribution in [0.25, 0.3) is 0 Å². The second kappa shape index (κ2) is 11.2. The molecule has 2 rings (SSSR count). The highest BCUT2D eigenvalue weighted by Crippen LogP contribution is 2.15. The third kappa shape index (κ3) is 7.09. The molecule has 1 fully saturated rings. The van der Waals surface area contributed by atoms with Crippen molar-refractivity contribution >= 4 is 35.8 Å². The monoisotopic (exact) mass is 460 g/mol. The van der Waals surface area contributed by atoms with Crippen molar-refractivity contribution < 1.29 is 9.53 Å². The molecule has 6 nitrogen and oxygen atoms in total. The van der Waals surface area contributed by atoms with Crippen LogP contribution in [0, 0.1) is 5.92 Å². The Balaban J connectivity index is 0.00000312. The number of hydrogen-bond acceptors (Lipinski definition) is 3. The zero-order valence-corrected chi connectivity index (χ0v) is 17.6. The molecule has 1 aliphatic heterocycles. The first-order chi connectivity index (χ1) is 11.6. The predicted octanol–water partition coefficient (Wildman–Crippen LogP) is 2.24. The van der Waals surface area contributed by atoms with Gasteiger partial charge in [-0.2, -0.15) is 0 Å². The number of piperidine rings is 1. The molecule has 1 aromatic carbocycles. The molecule has 0 unspecified atom stereocenters. The second-order valence-corrected chi connectivity index (χ2v) is 6.20. The first kappa shape index (κ1) is 21.5. The number of nitrogens with zero attached hydrogens (tertiary/aromatic N) is 2. The molecule has 140 valence electrons. The van der Waals surface area contributed by atoms with Gasteiger partial charge in [-0.1, -0.05) is 19.1 Å². The quantitative estimate of drug-likeness (QED) is 0.402. The third-order valence-electron chi connectivity index (χ3n) is 4.35. The molecule has 2 N–H and O–H groups in total. The molecule has 0 aliphatic carbocycles. The number of carbonyl (C=O) groups excluding carboxylic acids is 1. The van der Waals surface area contributed by atoms with E-state index in [1.165, 1.54) is 12.8 Å². The summed E-state index contributed by atoms with van der Waals surface area (Å²) in [4.78, 5) is 18.5. The maximum Gasteiger partial charge on any atom is 0.239 e. The number of hydrogen-bond donors (Lipinski definition) is 2. The molecule has 1 amide bonds. The van der Waals surface area contributed by atoms with Gasteiger partial charge in [0.2, 0.25) is 5.91 Å². The SMILES string of the molecule is CN=C(NCC(=O)NCc1ccc(OC)cc1)N1CCC(C)CC1.I. The summed E-state index contributed by atoms with van der Waals surface area (Å²) in [6.45, 7) is 5.00. The number of amides is 1. The molecule has 1 heterocycles. The van der Waals surface area contributed by atoms with Crippen molar-refractivity contribution in [1.82, 2.24) is 15.5 Å². The lowest BCUT2D eigenvalue weighted by atomic mass is 10.00. The van der Waals surface area contributed by atoms with E-state index >= 15 is 0 Å². The van der Waals surface area contributed by atoms with E-state index in [1.54, 1.807) is 14.2 Å². The molecule has 1 aromatic rings. The van der Waals surface area contributed by atoms with Crippen molar-refractivity contribution in [2.75, 3.05) is 33.8 Å². The number of rotatable bonds is 5. The Morgan fingerprint density at radius 1 is 1.24 bits per heavy atom. The maximum atomic E-state index is 12.0. The van der Waals surface area contributed by atoms with Crippen LogP contribution in [0.5, 0.6) is 5.75 Å². The fourth-order valence-corrected chi connectivity index (χ4v) is 2.72. The summed E-state index contributed by atoms with van der Waals surface area (Å²) in [6, 6.07) is 7.67. The molecule has 25 heavy (non-hydrogen) atoms. The van der Waals surface area contributed by atoms with Crippen molar-refractivity contribution in [2.24, 2.45) is 10.9 Å². The molecule has 0 saturated carbocycles. The number of halogens is 1. The first-order valence-electron chi connectivity index (χ1n) is 8.47. The molecule has 0 bridgehead atoms. The van der Waals surface area contributed by atoms with E-state index in [0.29, 0.717) is 6.54 Å². The zero-order valence-electron chi connectivity index (χ0n) is 15.2. The van der Waals surface area contributed by atoms with Crippen LogP contribution in [0.2, 0.25) is 0 Å². The molecule has 0 aromatic heterocycles. The normalized spacial score (nSPS) is 15.3. The van der Waals surface area contributed by atoms with Crippen LogP contribution in [0.4, 0.5) is 0 Å². The highest BCUT2D eigenvalue weighted by Gasteiger charge is 2.18. The van der Waals surface area contributed by atoms with Crippen molar-refractivity contribution in [2.45, 2.75) is 26.3 Å². The van der Waals surface area contributed by atoms with Crippen LogP contribution >= 0.6 is 24.0 Å². The summed E-state index contributed by atoms with van der Waals surface area (Å²) in [5.74, 6) is 2.34. The minimum atomic E-state index is -0.0441. The second-order valence-electron chi connectivity index (χ2n) is 6.20. The average molecular weight is 460 g/mol. The molecule has 0 spiro atoms. The highest BCUT2D eigenvalue weighted by molar-refractivity contribution is 14.0. The number of carbonyl (C=O) groups is 1. The van der Waals surface area contributed by atoms with Gasteiger partial charge >= 0.3 is 0 Å². The summed E-state index contributed by atoms with van der Waals surface area (Å²) in [7, 11) is 3.40. The number of ether oxygens (including phenoxy) is 1. The number of benzene rings is 1. The summed E-state index contributed by atoms with van der Waals surface area (Å²) in [5.41, 5.74) is 1.04. The Kier molecular flexibility index (Phi) is 9.62. The topological polar surface area (TPSA) is 66.0 Å². The predicted molar refractivity (Wildman–Crippen MR) is 112 cm³/mol. The Labute approximate surface area is 167 Å². The van der Waals surface area contributed by atoms with Crippen molar-refractivity contribution in [3.05, 3.63) is 29.8 Å². The first-order valence-corrected chi connectivity index (χ1v) is 8.47. The van der Waals surface area contributed by atoms with E-state index in [2.05, 4.69) is 27.4 Å². The van der Waals surface area contributed by atoms with Gasteiger partial charge in [0.25, 0.3) is 0 Å². The van der Waals surface area contributed by atoms with Gasteiger partial charge in [-0.15, -0.1) is 24.0 Å². The lowest BCUT2D eigenvalue weighted by Crippen LogP contribution is -2.48. The lowest BCUT2D eigenvalue weighted by Gasteiger charge is -2.32. The van der Waals surface area contributed by atoms with E-state index in [9.17, 15) is 4.79 Å². The van der Waals surface area contributed by atoms with Gasteiger partial charge in [-0.05, 0) is 36.5 Å². The van der Waals surface area contributed by atoms with Crippen LogP contribution in [-0.2, 0) is 11.3 Å². The van der Waals surface area contributed by atoms with Crippen molar-refractivity contribution in [3.63, 3.8) is 0 Å². The number of methoxy groups -OCH3 is 1. The third-order valence-corrected chi connectivity index (χ3v) is 4.35. The lowest BCUT2D eigenvalue weighted by molar-refractivity contribution is -0.120. The molecule has 1 saturated heterocycles. The van der Waals surface area contributed by atoms with Crippen molar-refractivity contribution in [1.29, 1.82) is 0 Å². The number of guanidine groups is 1. The van der Waals surface area contributed by atoms with Gasteiger partial charge in [0.1, 0.15) is 5.75 Å². The highest BCUT2D eigenvalue weighted by atomic mass is 127. The fraction of sp³-hybridized carbons (Fsp3) is 0.556. The van der Waals surface area contributed by atoms with Crippen molar-refractivity contribution in [3.8, 4) is 5.75 Å². The summed E-state index contributed by atoms with van der Waals surface area (Å²) in [5, 5.41) is 6.06. The fourth-order valence-electron chi connectivity index (χ4n) is 2.72.